The molecule has 184 valence electrons. The standard InChI is InChI=1S/C22H33ClI2O7/c1-21(2,25)9-11(23)6-7-22-10-13(26)17(31-22)19-16(24)20(32-22)18-14(30-19)5-4-12(29-18)8-15(27)28-3/h11-14,16-20,26H,4-10H2,1-3H3/t11?,12?,13-,14+,16?,17?,18+,19?,20?,22+/m1/s1. The van der Waals surface area contributed by atoms with Crippen molar-refractivity contribution in [3.63, 3.8) is 0 Å². The van der Waals surface area contributed by atoms with E-state index >= 15 is 0 Å². The smallest absolute Gasteiger partial charge is 0.308 e. The Hall–Kier alpha value is 1.02. The number of carbonyl (C=O) groups is 1. The normalized spacial score (nSPS) is 44.5. The number of ether oxygens (including phenoxy) is 5. The van der Waals surface area contributed by atoms with E-state index in [0.717, 1.165) is 25.7 Å². The van der Waals surface area contributed by atoms with E-state index in [-0.39, 0.29) is 55.6 Å². The van der Waals surface area contributed by atoms with Crippen LogP contribution in [-0.2, 0) is 28.5 Å². The van der Waals surface area contributed by atoms with Crippen molar-refractivity contribution in [1.82, 2.24) is 0 Å². The molecule has 4 rings (SSSR count). The summed E-state index contributed by atoms with van der Waals surface area (Å²) in [6.07, 6.45) is 2.14. The highest BCUT2D eigenvalue weighted by Crippen LogP contribution is 2.50. The Morgan fingerprint density at radius 3 is 2.62 bits per heavy atom. The zero-order chi connectivity index (χ0) is 23.3. The quantitative estimate of drug-likeness (QED) is 0.246. The summed E-state index contributed by atoms with van der Waals surface area (Å²) >= 11 is 11.4. The molecule has 4 aliphatic rings. The van der Waals surface area contributed by atoms with Gasteiger partial charge in [-0.15, -0.1) is 11.6 Å². The van der Waals surface area contributed by atoms with Crippen molar-refractivity contribution in [2.24, 2.45) is 0 Å². The zero-order valence-corrected chi connectivity index (χ0v) is 23.7. The number of aliphatic hydroxyl groups excluding tert-OH is 1. The van der Waals surface area contributed by atoms with Crippen molar-refractivity contribution in [2.75, 3.05) is 7.11 Å². The van der Waals surface area contributed by atoms with Gasteiger partial charge in [-0.25, -0.2) is 0 Å². The Bertz CT molecular complexity index is 692. The Balaban J connectivity index is 1.50. The van der Waals surface area contributed by atoms with Gasteiger partial charge in [-0.2, -0.15) is 0 Å². The van der Waals surface area contributed by atoms with Crippen LogP contribution >= 0.6 is 56.8 Å². The molecule has 0 radical (unpaired) electrons. The fourth-order valence-corrected chi connectivity index (χ4v) is 7.85. The summed E-state index contributed by atoms with van der Waals surface area (Å²) in [5.74, 6) is -1.17. The highest BCUT2D eigenvalue weighted by Gasteiger charge is 2.62. The lowest BCUT2D eigenvalue weighted by Crippen LogP contribution is -2.63. The van der Waals surface area contributed by atoms with E-state index < -0.39 is 18.0 Å². The molecule has 1 N–H and O–H groups in total. The molecule has 0 aromatic heterocycles. The third kappa shape index (κ3) is 5.70. The van der Waals surface area contributed by atoms with Gasteiger partial charge in [-0.3, -0.25) is 4.79 Å². The van der Waals surface area contributed by atoms with E-state index in [1.54, 1.807) is 0 Å². The molecule has 7 nitrogen and oxygen atoms in total. The lowest BCUT2D eigenvalue weighted by atomic mass is 9.86. The van der Waals surface area contributed by atoms with Crippen LogP contribution in [0.3, 0.4) is 0 Å². The summed E-state index contributed by atoms with van der Waals surface area (Å²) in [6.45, 7) is 4.34. The maximum atomic E-state index is 11.8. The van der Waals surface area contributed by atoms with Crippen molar-refractivity contribution in [3.8, 4) is 0 Å². The van der Waals surface area contributed by atoms with Crippen molar-refractivity contribution in [2.45, 2.75) is 120 Å². The van der Waals surface area contributed by atoms with Gasteiger partial charge < -0.3 is 28.8 Å². The van der Waals surface area contributed by atoms with Gasteiger partial charge in [0.15, 0.2) is 5.79 Å². The summed E-state index contributed by atoms with van der Waals surface area (Å²) in [5, 5.41) is 10.8. The predicted octanol–water partition coefficient (Wildman–Crippen LogP) is 3.90. The van der Waals surface area contributed by atoms with E-state index in [1.807, 2.05) is 0 Å². The van der Waals surface area contributed by atoms with Crippen LogP contribution in [0.5, 0.6) is 0 Å². The summed E-state index contributed by atoms with van der Waals surface area (Å²) < 4.78 is 30.8. The van der Waals surface area contributed by atoms with Gasteiger partial charge in [0.25, 0.3) is 0 Å². The Morgan fingerprint density at radius 1 is 1.22 bits per heavy atom. The van der Waals surface area contributed by atoms with Crippen LogP contribution in [0, 0.1) is 0 Å². The second kappa shape index (κ2) is 10.2. The average molecular weight is 699 g/mol. The SMILES string of the molecule is COC(=O)CC1CC[C@@H]2OC3C(I)C(O[C@@]4(CCC(Cl)CC(C)(C)I)C[C@@H](O)C3O4)[C@H]2O1. The van der Waals surface area contributed by atoms with E-state index in [4.69, 9.17) is 35.3 Å². The number of hydrogen-bond acceptors (Lipinski definition) is 7. The number of carbonyl (C=O) groups excluding carboxylic acids is 1. The van der Waals surface area contributed by atoms with Gasteiger partial charge in [0.2, 0.25) is 0 Å². The van der Waals surface area contributed by atoms with E-state index in [1.165, 1.54) is 7.11 Å². The molecule has 4 fully saturated rings. The summed E-state index contributed by atoms with van der Waals surface area (Å²) in [5.41, 5.74) is 0. The van der Waals surface area contributed by atoms with E-state index in [2.05, 4.69) is 59.0 Å². The van der Waals surface area contributed by atoms with Crippen LogP contribution in [0.25, 0.3) is 0 Å². The molecule has 0 aromatic rings. The highest BCUT2D eigenvalue weighted by atomic mass is 127. The molecule has 10 heteroatoms. The maximum absolute atomic E-state index is 11.8. The molecule has 4 saturated heterocycles. The number of esters is 1. The third-order valence-corrected chi connectivity index (χ3v) is 9.10. The van der Waals surface area contributed by atoms with Crippen molar-refractivity contribution >= 4 is 62.8 Å². The molecule has 6 unspecified atom stereocenters. The van der Waals surface area contributed by atoms with Crippen molar-refractivity contribution < 1.29 is 33.6 Å². The fourth-order valence-electron chi connectivity index (χ4n) is 5.43. The topological polar surface area (TPSA) is 83.5 Å². The van der Waals surface area contributed by atoms with E-state index in [0.29, 0.717) is 12.8 Å². The van der Waals surface area contributed by atoms with Crippen LogP contribution in [0.2, 0.25) is 0 Å². The molecule has 0 aliphatic carbocycles. The first kappa shape index (κ1) is 26.1. The monoisotopic (exact) mass is 698 g/mol. The highest BCUT2D eigenvalue weighted by molar-refractivity contribution is 14.1. The lowest BCUT2D eigenvalue weighted by Gasteiger charge is -2.49. The molecule has 10 atom stereocenters. The first-order valence-electron chi connectivity index (χ1n) is 11.4. The molecular weight excluding hydrogens is 665 g/mol. The molecule has 0 saturated carbocycles. The first-order chi connectivity index (χ1) is 15.0. The van der Waals surface area contributed by atoms with Crippen LogP contribution in [0.4, 0.5) is 0 Å². The second-order valence-electron chi connectivity index (χ2n) is 10.1. The van der Waals surface area contributed by atoms with Crippen molar-refractivity contribution in [1.29, 1.82) is 0 Å². The lowest BCUT2D eigenvalue weighted by molar-refractivity contribution is -0.273. The summed E-state index contributed by atoms with van der Waals surface area (Å²) in [7, 11) is 1.39. The largest absolute Gasteiger partial charge is 0.469 e. The fraction of sp³-hybridized carbons (Fsp3) is 0.955. The predicted molar refractivity (Wildman–Crippen MR) is 136 cm³/mol. The maximum Gasteiger partial charge on any atom is 0.308 e. The minimum absolute atomic E-state index is 0.00272. The Labute approximate surface area is 222 Å². The molecule has 4 aliphatic heterocycles. The van der Waals surface area contributed by atoms with Gasteiger partial charge in [0.1, 0.15) is 24.4 Å². The van der Waals surface area contributed by atoms with Crippen LogP contribution in [0.15, 0.2) is 0 Å². The number of methoxy groups -OCH3 is 1. The second-order valence-corrected chi connectivity index (χ2v) is 15.0. The Kier molecular flexibility index (Phi) is 8.30. The van der Waals surface area contributed by atoms with Gasteiger partial charge in [0.05, 0.1) is 35.8 Å². The molecule has 32 heavy (non-hydrogen) atoms. The number of hydrogen-bond donors (Lipinski definition) is 1. The van der Waals surface area contributed by atoms with Gasteiger partial charge in [-0.05, 0) is 25.7 Å². The number of fused-ring (bicyclic) bond motifs is 7. The molecule has 0 aromatic carbocycles. The number of aliphatic hydroxyl groups is 1. The minimum Gasteiger partial charge on any atom is -0.469 e. The number of rotatable bonds is 7. The molecular formula is C22H33ClI2O7. The summed E-state index contributed by atoms with van der Waals surface area (Å²) in [4.78, 5) is 11.8. The van der Waals surface area contributed by atoms with Crippen LogP contribution in [0.1, 0.15) is 58.8 Å². The molecule has 4 bridgehead atoms. The van der Waals surface area contributed by atoms with Gasteiger partial charge in [0, 0.05) is 21.6 Å². The van der Waals surface area contributed by atoms with Crippen LogP contribution < -0.4 is 0 Å². The molecule has 4 heterocycles. The van der Waals surface area contributed by atoms with Gasteiger partial charge in [-0.1, -0.05) is 59.0 Å². The first-order valence-corrected chi connectivity index (χ1v) is 14.1. The van der Waals surface area contributed by atoms with Crippen molar-refractivity contribution in [3.05, 3.63) is 0 Å². The minimum atomic E-state index is -0.896. The van der Waals surface area contributed by atoms with Crippen LogP contribution in [-0.4, -0.2) is 79.4 Å². The third-order valence-electron chi connectivity index (χ3n) is 6.86. The number of alkyl halides is 3. The number of halogens is 3. The average Bonchev–Trinajstić information content (AvgIpc) is 3.00. The van der Waals surface area contributed by atoms with Gasteiger partial charge >= 0.3 is 5.97 Å². The Morgan fingerprint density at radius 2 is 1.94 bits per heavy atom. The van der Waals surface area contributed by atoms with E-state index in [9.17, 15) is 9.90 Å². The molecule has 0 spiro atoms. The molecule has 0 amide bonds. The summed E-state index contributed by atoms with van der Waals surface area (Å²) in [6, 6.07) is 0. The zero-order valence-electron chi connectivity index (χ0n) is 18.7.